The number of carbonyl (C=O) groups is 1. The van der Waals surface area contributed by atoms with Gasteiger partial charge in [-0.15, -0.1) is 0 Å². The topological polar surface area (TPSA) is 101 Å². The summed E-state index contributed by atoms with van der Waals surface area (Å²) >= 11 is 5.95. The third kappa shape index (κ3) is 5.77. The van der Waals surface area contributed by atoms with Crippen LogP contribution in [0.2, 0.25) is 5.02 Å². The predicted octanol–water partition coefficient (Wildman–Crippen LogP) is 5.00. The van der Waals surface area contributed by atoms with Crippen LogP contribution in [0.3, 0.4) is 0 Å². The van der Waals surface area contributed by atoms with E-state index in [2.05, 4.69) is 14.9 Å². The van der Waals surface area contributed by atoms with Crippen molar-refractivity contribution < 1.29 is 17.6 Å². The summed E-state index contributed by atoms with van der Waals surface area (Å²) in [5.74, 6) is -0.633. The van der Waals surface area contributed by atoms with E-state index in [0.717, 1.165) is 29.8 Å². The van der Waals surface area contributed by atoms with Gasteiger partial charge < -0.3 is 14.8 Å². The molecule has 216 valence electrons. The van der Waals surface area contributed by atoms with Gasteiger partial charge in [0, 0.05) is 54.4 Å². The number of halogens is 2. The van der Waals surface area contributed by atoms with Crippen LogP contribution in [0.25, 0.3) is 0 Å². The van der Waals surface area contributed by atoms with Gasteiger partial charge in [0.1, 0.15) is 5.82 Å². The van der Waals surface area contributed by atoms with Crippen molar-refractivity contribution in [1.29, 1.82) is 0 Å². The summed E-state index contributed by atoms with van der Waals surface area (Å²) in [4.78, 5) is 27.6. The Bertz CT molecular complexity index is 1810. The third-order valence-corrected chi connectivity index (χ3v) is 9.45. The van der Waals surface area contributed by atoms with Crippen LogP contribution >= 0.6 is 11.6 Å². The summed E-state index contributed by atoms with van der Waals surface area (Å²) in [5.41, 5.74) is 2.95. The number of nitrogens with one attached hydrogen (secondary N) is 2. The van der Waals surface area contributed by atoms with E-state index in [1.54, 1.807) is 36.4 Å². The highest BCUT2D eigenvalue weighted by Crippen LogP contribution is 2.39. The maximum absolute atomic E-state index is 13.5. The Hall–Kier alpha value is -4.15. The van der Waals surface area contributed by atoms with Crippen molar-refractivity contribution in [1.82, 2.24) is 9.88 Å². The lowest BCUT2D eigenvalue weighted by atomic mass is 9.83. The van der Waals surface area contributed by atoms with Crippen molar-refractivity contribution in [3.05, 3.63) is 123 Å². The van der Waals surface area contributed by atoms with E-state index in [1.807, 2.05) is 22.8 Å². The number of piperidine rings is 1. The van der Waals surface area contributed by atoms with E-state index in [-0.39, 0.29) is 46.0 Å². The first-order valence-corrected chi connectivity index (χ1v) is 15.4. The molecule has 0 saturated carbocycles. The quantitative estimate of drug-likeness (QED) is 0.309. The minimum Gasteiger partial charge on any atom is -0.369 e. The zero-order valence-corrected chi connectivity index (χ0v) is 24.0. The summed E-state index contributed by atoms with van der Waals surface area (Å²) in [6.45, 7) is 2.05. The Kier molecular flexibility index (Phi) is 7.51. The lowest BCUT2D eigenvalue weighted by molar-refractivity contribution is 0.0951. The molecule has 2 atom stereocenters. The molecule has 2 aliphatic rings. The van der Waals surface area contributed by atoms with Crippen LogP contribution in [0.1, 0.15) is 34.0 Å². The van der Waals surface area contributed by atoms with E-state index in [4.69, 9.17) is 11.6 Å². The molecule has 2 bridgehead atoms. The monoisotopic (exact) mass is 606 g/mol. The van der Waals surface area contributed by atoms with Crippen LogP contribution in [0.15, 0.2) is 94.6 Å². The van der Waals surface area contributed by atoms with Crippen molar-refractivity contribution in [2.45, 2.75) is 30.3 Å². The molecule has 4 aromatic rings. The highest BCUT2D eigenvalue weighted by Gasteiger charge is 2.35. The number of amides is 1. The average molecular weight is 607 g/mol. The predicted molar refractivity (Wildman–Crippen MR) is 160 cm³/mol. The van der Waals surface area contributed by atoms with Crippen LogP contribution in [-0.2, 0) is 23.1 Å². The third-order valence-electron chi connectivity index (χ3n) is 7.81. The van der Waals surface area contributed by atoms with Gasteiger partial charge in [-0.1, -0.05) is 29.8 Å². The summed E-state index contributed by atoms with van der Waals surface area (Å²) in [6, 6.07) is 21.9. The van der Waals surface area contributed by atoms with Crippen molar-refractivity contribution in [3.8, 4) is 0 Å². The molecule has 8 nitrogen and oxygen atoms in total. The van der Waals surface area contributed by atoms with E-state index >= 15 is 0 Å². The average Bonchev–Trinajstić information content (AvgIpc) is 2.97. The molecule has 1 amide bonds. The number of hydrogen-bond acceptors (Lipinski definition) is 5. The van der Waals surface area contributed by atoms with Crippen molar-refractivity contribution in [3.63, 3.8) is 0 Å². The van der Waals surface area contributed by atoms with Crippen LogP contribution < -0.4 is 20.5 Å². The number of nitrogens with zero attached hydrogens (tertiary/aromatic N) is 2. The van der Waals surface area contributed by atoms with Crippen LogP contribution in [0.4, 0.5) is 15.8 Å². The van der Waals surface area contributed by atoms with Crippen molar-refractivity contribution in [2.24, 2.45) is 5.92 Å². The SMILES string of the molecule is O=C(NCc1ccc(Cl)cc1)c1ccc(N2CC3CC(C2)c2cccc(=O)n2C3)c(NS(=O)(=O)c2ccc(F)cc2)c1. The minimum absolute atomic E-state index is 0.0163. The van der Waals surface area contributed by atoms with Gasteiger partial charge in [0.05, 0.1) is 16.3 Å². The molecule has 3 heterocycles. The molecule has 1 saturated heterocycles. The Morgan fingerprint density at radius 1 is 0.952 bits per heavy atom. The smallest absolute Gasteiger partial charge is 0.261 e. The normalized spacial score (nSPS) is 17.8. The molecule has 42 heavy (non-hydrogen) atoms. The highest BCUT2D eigenvalue weighted by molar-refractivity contribution is 7.92. The van der Waals surface area contributed by atoms with Crippen LogP contribution in [-0.4, -0.2) is 32.0 Å². The van der Waals surface area contributed by atoms with Gasteiger partial charge in [-0.05, 0) is 78.6 Å². The summed E-state index contributed by atoms with van der Waals surface area (Å²) in [7, 11) is -4.10. The molecule has 1 aromatic heterocycles. The fraction of sp³-hybridized carbons (Fsp3) is 0.226. The lowest BCUT2D eigenvalue weighted by Crippen LogP contribution is -2.47. The van der Waals surface area contributed by atoms with Gasteiger partial charge >= 0.3 is 0 Å². The molecular weight excluding hydrogens is 579 g/mol. The lowest BCUT2D eigenvalue weighted by Gasteiger charge is -2.44. The zero-order valence-electron chi connectivity index (χ0n) is 22.5. The molecular formula is C31H28ClFN4O4S. The van der Waals surface area contributed by atoms with Crippen molar-refractivity contribution in [2.75, 3.05) is 22.7 Å². The van der Waals surface area contributed by atoms with Gasteiger partial charge in [0.25, 0.3) is 21.5 Å². The Morgan fingerprint density at radius 2 is 1.71 bits per heavy atom. The number of rotatable bonds is 7. The maximum atomic E-state index is 13.5. The molecule has 0 radical (unpaired) electrons. The Balaban J connectivity index is 1.32. The number of hydrogen-bond donors (Lipinski definition) is 2. The van der Waals surface area contributed by atoms with Crippen molar-refractivity contribution >= 4 is 38.9 Å². The molecule has 11 heteroatoms. The second kappa shape index (κ2) is 11.3. The fourth-order valence-corrected chi connectivity index (χ4v) is 7.02. The Labute approximate surface area is 247 Å². The highest BCUT2D eigenvalue weighted by atomic mass is 35.5. The van der Waals surface area contributed by atoms with E-state index < -0.39 is 15.8 Å². The summed E-state index contributed by atoms with van der Waals surface area (Å²) in [6.07, 6.45) is 0.932. The summed E-state index contributed by atoms with van der Waals surface area (Å²) < 4.78 is 44.7. The van der Waals surface area contributed by atoms with Crippen LogP contribution in [0.5, 0.6) is 0 Å². The van der Waals surface area contributed by atoms with Gasteiger partial charge in [0.2, 0.25) is 0 Å². The second-order valence-electron chi connectivity index (χ2n) is 10.7. The van der Waals surface area contributed by atoms with E-state index in [9.17, 15) is 22.4 Å². The molecule has 3 aromatic carbocycles. The number of pyridine rings is 1. The largest absolute Gasteiger partial charge is 0.369 e. The minimum atomic E-state index is -4.10. The number of carbonyl (C=O) groups excluding carboxylic acids is 1. The van der Waals surface area contributed by atoms with Gasteiger partial charge in [0.15, 0.2) is 0 Å². The molecule has 0 aliphatic carbocycles. The van der Waals surface area contributed by atoms with Gasteiger partial charge in [-0.25, -0.2) is 12.8 Å². The second-order valence-corrected chi connectivity index (χ2v) is 12.8. The first-order chi connectivity index (χ1) is 20.2. The number of anilines is 2. The zero-order chi connectivity index (χ0) is 29.4. The Morgan fingerprint density at radius 3 is 2.48 bits per heavy atom. The molecule has 2 aliphatic heterocycles. The molecule has 2 unspecified atom stereocenters. The number of sulfonamides is 1. The summed E-state index contributed by atoms with van der Waals surface area (Å²) in [5, 5.41) is 3.46. The molecule has 2 N–H and O–H groups in total. The number of benzene rings is 3. The number of aromatic nitrogens is 1. The maximum Gasteiger partial charge on any atom is 0.261 e. The first kappa shape index (κ1) is 28.0. The fourth-order valence-electron chi connectivity index (χ4n) is 5.83. The van der Waals surface area contributed by atoms with E-state index in [0.29, 0.717) is 30.3 Å². The first-order valence-electron chi connectivity index (χ1n) is 13.6. The molecule has 1 fully saturated rings. The van der Waals surface area contributed by atoms with Gasteiger partial charge in [-0.3, -0.25) is 14.3 Å². The molecule has 0 spiro atoms. The van der Waals surface area contributed by atoms with Gasteiger partial charge in [-0.2, -0.15) is 0 Å². The standard InChI is InChI=1S/C31H28ClFN4O4S/c32-24-7-4-20(5-8-24)16-34-31(39)22-6-13-29(27(15-22)35-42(40,41)26-11-9-25(33)10-12-26)36-17-21-14-23(19-36)28-2-1-3-30(38)37(28)18-21/h1-13,15,21,23,35H,14,16-19H2,(H,34,39). The number of fused-ring (bicyclic) bond motifs is 4. The van der Waals surface area contributed by atoms with Crippen LogP contribution in [0, 0.1) is 11.7 Å². The molecule has 6 rings (SSSR count). The van der Waals surface area contributed by atoms with E-state index in [1.165, 1.54) is 18.2 Å².